The Balaban J connectivity index is 1.19. The van der Waals surface area contributed by atoms with Crippen LogP contribution in [0.2, 0.25) is 0 Å². The van der Waals surface area contributed by atoms with Crippen LogP contribution >= 0.6 is 0 Å². The van der Waals surface area contributed by atoms with Gasteiger partial charge in [-0.15, -0.1) is 0 Å². The van der Waals surface area contributed by atoms with Gasteiger partial charge in [0, 0.05) is 38.5 Å². The first-order chi connectivity index (χ1) is 26.3. The van der Waals surface area contributed by atoms with Crippen molar-refractivity contribution in [1.82, 2.24) is 0 Å². The van der Waals surface area contributed by atoms with Gasteiger partial charge >= 0.3 is 0 Å². The van der Waals surface area contributed by atoms with Crippen LogP contribution in [-0.4, -0.2) is 0 Å². The van der Waals surface area contributed by atoms with Gasteiger partial charge in [0.25, 0.3) is 0 Å². The Morgan fingerprint density at radius 3 is 1.77 bits per heavy atom. The molecule has 0 atom stereocenters. The molecule has 0 saturated heterocycles. The van der Waals surface area contributed by atoms with Gasteiger partial charge in [-0.1, -0.05) is 140 Å². The minimum atomic E-state index is 0.821. The first-order valence-electron chi connectivity index (χ1n) is 18.0. The molecule has 0 radical (unpaired) electrons. The van der Waals surface area contributed by atoms with Crippen molar-refractivity contribution in [2.75, 3.05) is 4.90 Å². The smallest absolute Gasteiger partial charge is 0.159 e. The van der Waals surface area contributed by atoms with Crippen molar-refractivity contribution in [1.29, 1.82) is 0 Å². The van der Waals surface area contributed by atoms with Crippen molar-refractivity contribution in [2.45, 2.75) is 0 Å². The second-order valence-electron chi connectivity index (χ2n) is 13.7. The Hall–Kier alpha value is -7.10. The lowest BCUT2D eigenvalue weighted by Crippen LogP contribution is -2.10. The molecule has 0 bridgehead atoms. The molecular formula is C50H31NO2. The summed E-state index contributed by atoms with van der Waals surface area (Å²) in [6.07, 6.45) is 0. The zero-order valence-corrected chi connectivity index (χ0v) is 28.7. The zero-order valence-electron chi connectivity index (χ0n) is 28.7. The second-order valence-corrected chi connectivity index (χ2v) is 13.7. The number of anilines is 3. The Bertz CT molecular complexity index is 3170. The maximum Gasteiger partial charge on any atom is 0.159 e. The van der Waals surface area contributed by atoms with E-state index < -0.39 is 0 Å². The predicted octanol–water partition coefficient (Wildman–Crippen LogP) is 14.6. The van der Waals surface area contributed by atoms with E-state index in [1.807, 2.05) is 12.1 Å². The average molecular weight is 678 g/mol. The number of nitrogens with zero attached hydrogens (tertiary/aromatic N) is 1. The van der Waals surface area contributed by atoms with Gasteiger partial charge in [0.2, 0.25) is 0 Å². The zero-order chi connectivity index (χ0) is 34.9. The first kappa shape index (κ1) is 29.6. The van der Waals surface area contributed by atoms with Crippen LogP contribution in [0, 0.1) is 0 Å². The summed E-state index contributed by atoms with van der Waals surface area (Å²) in [6.45, 7) is 0. The number of benzene rings is 9. The summed E-state index contributed by atoms with van der Waals surface area (Å²) in [5.41, 5.74) is 10.9. The van der Waals surface area contributed by atoms with Gasteiger partial charge in [0.1, 0.15) is 16.7 Å². The number of fused-ring (bicyclic) bond motifs is 8. The Morgan fingerprint density at radius 1 is 0.340 bits per heavy atom. The van der Waals surface area contributed by atoms with Crippen LogP contribution in [0.3, 0.4) is 0 Å². The summed E-state index contributed by atoms with van der Waals surface area (Å²) in [5.74, 6) is 0. The maximum absolute atomic E-state index is 7.23. The average Bonchev–Trinajstić information content (AvgIpc) is 3.79. The molecule has 0 saturated carbocycles. The summed E-state index contributed by atoms with van der Waals surface area (Å²) in [5, 5.41) is 8.96. The lowest BCUT2D eigenvalue weighted by atomic mass is 9.95. The van der Waals surface area contributed by atoms with E-state index in [0.717, 1.165) is 72.1 Å². The molecule has 248 valence electrons. The van der Waals surface area contributed by atoms with Crippen molar-refractivity contribution in [3.8, 4) is 22.3 Å². The van der Waals surface area contributed by atoms with E-state index in [2.05, 4.69) is 181 Å². The molecule has 0 unspecified atom stereocenters. The monoisotopic (exact) mass is 677 g/mol. The number of hydrogen-bond donors (Lipinski definition) is 0. The topological polar surface area (TPSA) is 29.5 Å². The molecule has 0 N–H and O–H groups in total. The lowest BCUT2D eigenvalue weighted by Gasteiger charge is -2.26. The van der Waals surface area contributed by atoms with E-state index in [4.69, 9.17) is 8.83 Å². The molecule has 53 heavy (non-hydrogen) atoms. The molecule has 2 heterocycles. The number of rotatable bonds is 5. The van der Waals surface area contributed by atoms with Crippen LogP contribution < -0.4 is 4.90 Å². The van der Waals surface area contributed by atoms with Crippen LogP contribution in [0.15, 0.2) is 197 Å². The molecule has 0 aliphatic rings. The van der Waals surface area contributed by atoms with Crippen molar-refractivity contribution in [3.05, 3.63) is 188 Å². The van der Waals surface area contributed by atoms with Crippen molar-refractivity contribution in [2.24, 2.45) is 0 Å². The maximum atomic E-state index is 7.23. The van der Waals surface area contributed by atoms with E-state index in [9.17, 15) is 0 Å². The van der Waals surface area contributed by atoms with Gasteiger partial charge in [-0.05, 0) is 86.8 Å². The standard InChI is InChI=1S/C50H31NO2/c1-2-11-32(12-3-1)35-23-26-39(27-24-35)51(40-28-25-34-14-5-7-16-37(34)30-40)44-19-10-18-41-43-31-46-48(42-17-8-9-20-45(42)52-46)47(50(43)53-49(41)44)38-22-21-33-13-4-6-15-36(33)29-38/h1-31H. The minimum absolute atomic E-state index is 0.821. The third-order valence-electron chi connectivity index (χ3n) is 10.6. The molecular weight excluding hydrogens is 647 g/mol. The first-order valence-corrected chi connectivity index (χ1v) is 18.0. The van der Waals surface area contributed by atoms with Crippen LogP contribution in [0.4, 0.5) is 17.1 Å². The molecule has 0 aliphatic carbocycles. The van der Waals surface area contributed by atoms with Crippen molar-refractivity contribution in [3.63, 3.8) is 0 Å². The number of furan rings is 2. The summed E-state index contributed by atoms with van der Waals surface area (Å²) in [7, 11) is 0. The highest BCUT2D eigenvalue weighted by Crippen LogP contribution is 2.48. The summed E-state index contributed by atoms with van der Waals surface area (Å²) >= 11 is 0. The molecule has 3 heteroatoms. The SMILES string of the molecule is c1ccc(-c2ccc(N(c3ccc4ccccc4c3)c3cccc4c3oc3c(-c5ccc6ccccc6c5)c5c(cc34)oc3ccccc35)cc2)cc1. The fraction of sp³-hybridized carbons (Fsp3) is 0. The molecule has 0 amide bonds. The van der Waals surface area contributed by atoms with Crippen LogP contribution in [0.25, 0.3) is 87.7 Å². The third kappa shape index (κ3) is 4.75. The molecule has 11 rings (SSSR count). The van der Waals surface area contributed by atoms with Gasteiger partial charge in [0.15, 0.2) is 5.58 Å². The summed E-state index contributed by atoms with van der Waals surface area (Å²) in [4.78, 5) is 2.32. The fourth-order valence-electron chi connectivity index (χ4n) is 8.09. The van der Waals surface area contributed by atoms with Gasteiger partial charge in [-0.25, -0.2) is 0 Å². The van der Waals surface area contributed by atoms with E-state index in [1.165, 1.54) is 32.7 Å². The number of para-hydroxylation sites is 2. The van der Waals surface area contributed by atoms with Crippen LogP contribution in [0.1, 0.15) is 0 Å². The third-order valence-corrected chi connectivity index (χ3v) is 10.6. The van der Waals surface area contributed by atoms with Crippen LogP contribution in [0.5, 0.6) is 0 Å². The minimum Gasteiger partial charge on any atom is -0.456 e. The van der Waals surface area contributed by atoms with Gasteiger partial charge in [-0.3, -0.25) is 0 Å². The fourth-order valence-corrected chi connectivity index (χ4v) is 8.09. The molecule has 0 spiro atoms. The normalized spacial score (nSPS) is 11.8. The van der Waals surface area contributed by atoms with E-state index >= 15 is 0 Å². The molecule has 2 aromatic heterocycles. The quantitative estimate of drug-likeness (QED) is 0.182. The molecule has 0 fully saturated rings. The van der Waals surface area contributed by atoms with E-state index in [1.54, 1.807) is 0 Å². The highest BCUT2D eigenvalue weighted by Gasteiger charge is 2.24. The molecule has 11 aromatic rings. The molecule has 9 aromatic carbocycles. The van der Waals surface area contributed by atoms with Gasteiger partial charge < -0.3 is 13.7 Å². The summed E-state index contributed by atoms with van der Waals surface area (Å²) < 4.78 is 13.8. The largest absolute Gasteiger partial charge is 0.456 e. The van der Waals surface area contributed by atoms with Crippen LogP contribution in [-0.2, 0) is 0 Å². The Morgan fingerprint density at radius 2 is 0.962 bits per heavy atom. The molecule has 0 aliphatic heterocycles. The van der Waals surface area contributed by atoms with Crippen molar-refractivity contribution < 1.29 is 8.83 Å². The Labute approximate surface area is 305 Å². The number of hydrogen-bond acceptors (Lipinski definition) is 3. The molecule has 3 nitrogen and oxygen atoms in total. The Kier molecular flexibility index (Phi) is 6.55. The van der Waals surface area contributed by atoms with E-state index in [0.29, 0.717) is 0 Å². The highest BCUT2D eigenvalue weighted by atomic mass is 16.3. The summed E-state index contributed by atoms with van der Waals surface area (Å²) in [6, 6.07) is 66.6. The second kappa shape index (κ2) is 11.7. The predicted molar refractivity (Wildman–Crippen MR) is 222 cm³/mol. The highest BCUT2D eigenvalue weighted by molar-refractivity contribution is 6.24. The lowest BCUT2D eigenvalue weighted by molar-refractivity contribution is 0.665. The van der Waals surface area contributed by atoms with Crippen molar-refractivity contribution >= 4 is 82.5 Å². The van der Waals surface area contributed by atoms with Gasteiger partial charge in [-0.2, -0.15) is 0 Å². The van der Waals surface area contributed by atoms with E-state index in [-0.39, 0.29) is 0 Å². The van der Waals surface area contributed by atoms with Gasteiger partial charge in [0.05, 0.1) is 5.69 Å².